The van der Waals surface area contributed by atoms with Crippen LogP contribution < -0.4 is 15.5 Å². The molecule has 184 valence electrons. The Morgan fingerprint density at radius 3 is 2.26 bits per heavy atom. The van der Waals surface area contributed by atoms with Crippen molar-refractivity contribution in [2.75, 3.05) is 36.4 Å². The lowest BCUT2D eigenvalue weighted by atomic mass is 9.49. The molecule has 2 N–H and O–H groups in total. The summed E-state index contributed by atoms with van der Waals surface area (Å²) in [7, 11) is 0. The number of halogens is 1. The number of piperazine rings is 1. The molecule has 0 radical (unpaired) electrons. The maximum atomic E-state index is 13.0. The fourth-order valence-electron chi connectivity index (χ4n) is 7.48. The van der Waals surface area contributed by atoms with E-state index in [0.717, 1.165) is 42.2 Å². The summed E-state index contributed by atoms with van der Waals surface area (Å²) in [4.78, 5) is 29.2. The monoisotopic (exact) mass is 502 g/mol. The maximum Gasteiger partial charge on any atom is 0.226 e. The van der Waals surface area contributed by atoms with Crippen molar-refractivity contribution in [2.24, 2.45) is 23.2 Å². The Labute approximate surface area is 212 Å². The number of nitrogens with zero attached hydrogens (tertiary/aromatic N) is 2. The first-order valence-corrected chi connectivity index (χ1v) is 13.5. The van der Waals surface area contributed by atoms with Crippen LogP contribution in [-0.4, -0.2) is 48.0 Å². The van der Waals surface area contributed by atoms with Gasteiger partial charge in [-0.25, -0.2) is 0 Å². The minimum absolute atomic E-state index is 0.0229. The second-order valence-corrected chi connectivity index (χ2v) is 11.8. The molecule has 2 amide bonds. The molecule has 34 heavy (non-hydrogen) atoms. The van der Waals surface area contributed by atoms with Crippen molar-refractivity contribution >= 4 is 52.1 Å². The van der Waals surface area contributed by atoms with E-state index in [1.165, 1.54) is 38.5 Å². The van der Waals surface area contributed by atoms with Crippen LogP contribution in [0.2, 0.25) is 5.02 Å². The molecule has 6 rings (SSSR count). The van der Waals surface area contributed by atoms with E-state index < -0.39 is 0 Å². The molecule has 8 heteroatoms. The number of hydrogen-bond acceptors (Lipinski definition) is 4. The summed E-state index contributed by atoms with van der Waals surface area (Å²) in [6.45, 7) is 4.77. The second-order valence-electron chi connectivity index (χ2n) is 11.0. The Morgan fingerprint density at radius 1 is 1.06 bits per heavy atom. The fourth-order valence-corrected chi connectivity index (χ4v) is 7.87. The van der Waals surface area contributed by atoms with Gasteiger partial charge >= 0.3 is 0 Å². The lowest BCUT2D eigenvalue weighted by molar-refractivity contribution is -0.131. The third-order valence-corrected chi connectivity index (χ3v) is 8.88. The average molecular weight is 503 g/mol. The first kappa shape index (κ1) is 23.9. The van der Waals surface area contributed by atoms with Crippen LogP contribution in [0.5, 0.6) is 0 Å². The molecule has 1 saturated heterocycles. The summed E-state index contributed by atoms with van der Waals surface area (Å²) in [5.74, 6) is 2.69. The number of anilines is 2. The fraction of sp³-hybridized carbons (Fsp3) is 0.654. The molecule has 0 aromatic heterocycles. The normalized spacial score (nSPS) is 29.8. The van der Waals surface area contributed by atoms with Crippen molar-refractivity contribution in [1.82, 2.24) is 10.2 Å². The predicted molar refractivity (Wildman–Crippen MR) is 140 cm³/mol. The smallest absolute Gasteiger partial charge is 0.226 e. The third-order valence-electron chi connectivity index (χ3n) is 8.44. The maximum absolute atomic E-state index is 13.0. The van der Waals surface area contributed by atoms with E-state index >= 15 is 0 Å². The van der Waals surface area contributed by atoms with E-state index in [2.05, 4.69) is 15.5 Å². The minimum Gasteiger partial charge on any atom is -0.366 e. The van der Waals surface area contributed by atoms with Gasteiger partial charge in [0.2, 0.25) is 11.8 Å². The van der Waals surface area contributed by atoms with Gasteiger partial charge in [0.25, 0.3) is 0 Å². The highest BCUT2D eigenvalue weighted by molar-refractivity contribution is 7.80. The molecular weight excluding hydrogens is 468 g/mol. The van der Waals surface area contributed by atoms with Crippen LogP contribution in [0.15, 0.2) is 18.2 Å². The topological polar surface area (TPSA) is 64.7 Å². The summed E-state index contributed by atoms with van der Waals surface area (Å²) < 4.78 is 0. The van der Waals surface area contributed by atoms with Gasteiger partial charge in [0.1, 0.15) is 0 Å². The van der Waals surface area contributed by atoms with Crippen molar-refractivity contribution in [3.8, 4) is 0 Å². The summed E-state index contributed by atoms with van der Waals surface area (Å²) in [6.07, 6.45) is 8.85. The molecule has 0 atom stereocenters. The number of carbonyl (C=O) groups excluding carboxylic acids is 2. The predicted octanol–water partition coefficient (Wildman–Crippen LogP) is 4.82. The SMILES string of the molecule is CCC(=O)N1CCN(c2ccc(Cl)cc2NC(=S)NC(=O)CC23CC4CC(CC(C4)C2)C3)CC1. The molecule has 4 aliphatic carbocycles. The van der Waals surface area contributed by atoms with Crippen molar-refractivity contribution in [3.63, 3.8) is 0 Å². The van der Waals surface area contributed by atoms with E-state index in [1.54, 1.807) is 0 Å². The number of rotatable bonds is 5. The van der Waals surface area contributed by atoms with E-state index in [0.29, 0.717) is 36.1 Å². The summed E-state index contributed by atoms with van der Waals surface area (Å²) in [5.41, 5.74) is 1.94. The van der Waals surface area contributed by atoms with Gasteiger partial charge in [0, 0.05) is 44.0 Å². The van der Waals surface area contributed by atoms with E-state index in [4.69, 9.17) is 23.8 Å². The lowest BCUT2D eigenvalue weighted by Crippen LogP contribution is -2.49. The number of hydrogen-bond donors (Lipinski definition) is 2. The van der Waals surface area contributed by atoms with Crippen LogP contribution in [0, 0.1) is 23.2 Å². The number of nitrogens with one attached hydrogen (secondary N) is 2. The molecule has 0 spiro atoms. The summed E-state index contributed by atoms with van der Waals surface area (Å²) in [6, 6.07) is 5.68. The molecule has 0 unspecified atom stereocenters. The quantitative estimate of drug-likeness (QED) is 0.565. The second kappa shape index (κ2) is 9.65. The van der Waals surface area contributed by atoms with Gasteiger partial charge in [-0.05, 0) is 92.1 Å². The first-order chi connectivity index (χ1) is 16.3. The minimum atomic E-state index is 0.0229. The van der Waals surface area contributed by atoms with Gasteiger partial charge in [0.15, 0.2) is 5.11 Å². The molecule has 1 aromatic carbocycles. The van der Waals surface area contributed by atoms with E-state index in [9.17, 15) is 9.59 Å². The molecule has 1 heterocycles. The van der Waals surface area contributed by atoms with Crippen LogP contribution in [0.1, 0.15) is 58.3 Å². The van der Waals surface area contributed by atoms with Gasteiger partial charge < -0.3 is 20.4 Å². The van der Waals surface area contributed by atoms with Crippen molar-refractivity contribution < 1.29 is 9.59 Å². The number of amides is 2. The summed E-state index contributed by atoms with van der Waals surface area (Å²) in [5, 5.41) is 7.10. The van der Waals surface area contributed by atoms with Crippen LogP contribution in [0.4, 0.5) is 11.4 Å². The van der Waals surface area contributed by atoms with Crippen LogP contribution in [0.3, 0.4) is 0 Å². The molecule has 5 aliphatic rings. The Morgan fingerprint density at radius 2 is 1.68 bits per heavy atom. The van der Waals surface area contributed by atoms with Gasteiger partial charge in [-0.15, -0.1) is 0 Å². The highest BCUT2D eigenvalue weighted by atomic mass is 35.5. The molecule has 5 fully saturated rings. The van der Waals surface area contributed by atoms with Gasteiger partial charge in [0.05, 0.1) is 11.4 Å². The molecule has 1 aliphatic heterocycles. The standard InChI is InChI=1S/C26H35ClN4O2S/c1-2-24(33)31-7-5-30(6-8-31)22-4-3-20(27)12-21(22)28-25(34)29-23(32)16-26-13-17-9-18(14-26)11-19(10-17)15-26/h3-4,12,17-19H,2,5-11,13-16H2,1H3,(H2,28,29,32,34). The summed E-state index contributed by atoms with van der Waals surface area (Å²) >= 11 is 11.8. The van der Waals surface area contributed by atoms with Crippen molar-refractivity contribution in [1.29, 1.82) is 0 Å². The molecule has 4 saturated carbocycles. The number of thiocarbonyl (C=S) groups is 1. The highest BCUT2D eigenvalue weighted by Crippen LogP contribution is 2.61. The average Bonchev–Trinajstić information content (AvgIpc) is 2.77. The van der Waals surface area contributed by atoms with Crippen LogP contribution >= 0.6 is 23.8 Å². The van der Waals surface area contributed by atoms with Gasteiger partial charge in [-0.2, -0.15) is 0 Å². The Bertz CT molecular complexity index is 940. The molecule has 4 bridgehead atoms. The molecule has 1 aromatic rings. The Balaban J connectivity index is 1.20. The third kappa shape index (κ3) is 5.06. The molecule has 6 nitrogen and oxygen atoms in total. The zero-order valence-corrected chi connectivity index (χ0v) is 21.5. The lowest BCUT2D eigenvalue weighted by Gasteiger charge is -2.56. The van der Waals surface area contributed by atoms with E-state index in [1.807, 2.05) is 30.0 Å². The van der Waals surface area contributed by atoms with Crippen LogP contribution in [0.25, 0.3) is 0 Å². The van der Waals surface area contributed by atoms with Crippen LogP contribution in [-0.2, 0) is 9.59 Å². The largest absolute Gasteiger partial charge is 0.366 e. The highest BCUT2D eigenvalue weighted by Gasteiger charge is 2.51. The number of carbonyl (C=O) groups is 2. The van der Waals surface area contributed by atoms with Gasteiger partial charge in [-0.3, -0.25) is 9.59 Å². The number of benzene rings is 1. The zero-order valence-electron chi connectivity index (χ0n) is 19.9. The Hall–Kier alpha value is -1.86. The van der Waals surface area contributed by atoms with Crippen molar-refractivity contribution in [2.45, 2.75) is 58.3 Å². The zero-order chi connectivity index (χ0) is 23.9. The molecular formula is C26H35ClN4O2S. The van der Waals surface area contributed by atoms with Crippen molar-refractivity contribution in [3.05, 3.63) is 23.2 Å². The Kier molecular flexibility index (Phi) is 6.77. The first-order valence-electron chi connectivity index (χ1n) is 12.8. The van der Waals surface area contributed by atoms with Gasteiger partial charge in [-0.1, -0.05) is 18.5 Å². The van der Waals surface area contributed by atoms with E-state index in [-0.39, 0.29) is 17.2 Å².